The topological polar surface area (TPSA) is 35.2 Å². The molecule has 0 radical (unpaired) electrons. The highest BCUT2D eigenvalue weighted by atomic mass is 32.2. The quantitative estimate of drug-likeness (QED) is 0.905. The summed E-state index contributed by atoms with van der Waals surface area (Å²) < 4.78 is 5.78. The van der Waals surface area contributed by atoms with Crippen LogP contribution in [0.15, 0.2) is 23.1 Å². The van der Waals surface area contributed by atoms with Crippen molar-refractivity contribution in [2.45, 2.75) is 44.1 Å². The normalized spacial score (nSPS) is 19.4. The molecule has 0 spiro atoms. The summed E-state index contributed by atoms with van der Waals surface area (Å²) in [5, 5.41) is 0. The molecule has 100 valence electrons. The Kier molecular flexibility index (Phi) is 4.95. The Labute approximate surface area is 114 Å². The number of hydrogen-bond acceptors (Lipinski definition) is 3. The summed E-state index contributed by atoms with van der Waals surface area (Å²) in [5.74, 6) is 2.94. The fourth-order valence-corrected chi connectivity index (χ4v) is 3.60. The van der Waals surface area contributed by atoms with E-state index in [1.54, 1.807) is 0 Å². The minimum Gasteiger partial charge on any atom is -0.491 e. The third kappa shape index (κ3) is 3.66. The van der Waals surface area contributed by atoms with Gasteiger partial charge in [-0.3, -0.25) is 0 Å². The average molecular weight is 265 g/mol. The van der Waals surface area contributed by atoms with Crippen molar-refractivity contribution in [3.8, 4) is 5.75 Å². The summed E-state index contributed by atoms with van der Waals surface area (Å²) in [6.07, 6.45) is 3.79. The van der Waals surface area contributed by atoms with E-state index in [0.29, 0.717) is 0 Å². The van der Waals surface area contributed by atoms with Crippen molar-refractivity contribution in [2.24, 2.45) is 11.7 Å². The van der Waals surface area contributed by atoms with Crippen molar-refractivity contribution in [1.82, 2.24) is 0 Å². The first-order valence-corrected chi connectivity index (χ1v) is 7.80. The molecule has 0 aromatic heterocycles. The van der Waals surface area contributed by atoms with Crippen molar-refractivity contribution < 1.29 is 4.74 Å². The first kappa shape index (κ1) is 13.8. The summed E-state index contributed by atoms with van der Waals surface area (Å²) in [5.41, 5.74) is 7.13. The second kappa shape index (κ2) is 6.48. The molecule has 1 unspecified atom stereocenters. The maximum Gasteiger partial charge on any atom is 0.120 e. The predicted molar refractivity (Wildman–Crippen MR) is 78.4 cm³/mol. The van der Waals surface area contributed by atoms with Gasteiger partial charge in [0.05, 0.1) is 6.10 Å². The van der Waals surface area contributed by atoms with E-state index in [2.05, 4.69) is 32.0 Å². The van der Waals surface area contributed by atoms with Crippen LogP contribution >= 0.6 is 11.8 Å². The highest BCUT2D eigenvalue weighted by molar-refractivity contribution is 7.99. The molecule has 1 aromatic rings. The van der Waals surface area contributed by atoms with Crippen LogP contribution in [0, 0.1) is 5.92 Å². The zero-order valence-corrected chi connectivity index (χ0v) is 12.1. The van der Waals surface area contributed by atoms with Gasteiger partial charge < -0.3 is 10.5 Å². The fourth-order valence-electron chi connectivity index (χ4n) is 2.43. The Morgan fingerprint density at radius 1 is 1.44 bits per heavy atom. The second-order valence-electron chi connectivity index (χ2n) is 5.22. The first-order valence-electron chi connectivity index (χ1n) is 6.81. The van der Waals surface area contributed by atoms with Gasteiger partial charge in [-0.05, 0) is 75.1 Å². The molecule has 1 atom stereocenters. The lowest BCUT2D eigenvalue weighted by atomic mass is 9.94. The molecule has 2 rings (SSSR count). The number of nitrogens with two attached hydrogens (primary N) is 1. The molecule has 1 aromatic carbocycles. The third-order valence-corrected chi connectivity index (χ3v) is 4.42. The molecule has 0 amide bonds. The lowest BCUT2D eigenvalue weighted by molar-refractivity contribution is 0.242. The van der Waals surface area contributed by atoms with E-state index in [0.717, 1.165) is 31.1 Å². The van der Waals surface area contributed by atoms with Crippen LogP contribution in [0.2, 0.25) is 0 Å². The van der Waals surface area contributed by atoms with Crippen LogP contribution in [-0.2, 0) is 6.42 Å². The second-order valence-corrected chi connectivity index (χ2v) is 6.36. The summed E-state index contributed by atoms with van der Waals surface area (Å²) >= 11 is 1.97. The van der Waals surface area contributed by atoms with Crippen molar-refractivity contribution in [3.05, 3.63) is 23.8 Å². The van der Waals surface area contributed by atoms with Gasteiger partial charge in [0.25, 0.3) is 0 Å². The molecule has 1 heterocycles. The van der Waals surface area contributed by atoms with Gasteiger partial charge in [-0.2, -0.15) is 0 Å². The Bertz CT molecular complexity index is 392. The fraction of sp³-hybridized carbons (Fsp3) is 0.600. The molecule has 2 N–H and O–H groups in total. The summed E-state index contributed by atoms with van der Waals surface area (Å²) in [7, 11) is 0. The summed E-state index contributed by atoms with van der Waals surface area (Å²) in [4.78, 5) is 1.42. The monoisotopic (exact) mass is 265 g/mol. The molecule has 2 nitrogen and oxygen atoms in total. The van der Waals surface area contributed by atoms with Crippen LogP contribution in [0.1, 0.15) is 32.3 Å². The molecule has 18 heavy (non-hydrogen) atoms. The zero-order chi connectivity index (χ0) is 13.0. The van der Waals surface area contributed by atoms with Crippen LogP contribution in [-0.4, -0.2) is 18.4 Å². The Balaban J connectivity index is 2.16. The molecule has 1 aliphatic rings. The van der Waals surface area contributed by atoms with Gasteiger partial charge in [-0.25, -0.2) is 0 Å². The summed E-state index contributed by atoms with van der Waals surface area (Å²) in [6, 6.07) is 6.52. The first-order chi connectivity index (χ1) is 8.69. The van der Waals surface area contributed by atoms with Gasteiger partial charge in [0.15, 0.2) is 0 Å². The van der Waals surface area contributed by atoms with Crippen molar-refractivity contribution in [2.75, 3.05) is 12.3 Å². The van der Waals surface area contributed by atoms with E-state index >= 15 is 0 Å². The minimum atomic E-state index is 0.237. The van der Waals surface area contributed by atoms with Crippen LogP contribution in [0.25, 0.3) is 0 Å². The maximum atomic E-state index is 5.78. The Morgan fingerprint density at radius 3 is 3.00 bits per heavy atom. The minimum absolute atomic E-state index is 0.237. The molecule has 0 bridgehead atoms. The molecular formula is C15H23NOS. The van der Waals surface area contributed by atoms with Gasteiger partial charge in [-0.15, -0.1) is 11.8 Å². The summed E-state index contributed by atoms with van der Waals surface area (Å²) in [6.45, 7) is 4.93. The van der Waals surface area contributed by atoms with E-state index in [4.69, 9.17) is 10.5 Å². The number of benzene rings is 1. The van der Waals surface area contributed by atoms with E-state index in [-0.39, 0.29) is 6.10 Å². The van der Waals surface area contributed by atoms with Crippen LogP contribution in [0.3, 0.4) is 0 Å². The van der Waals surface area contributed by atoms with Crippen molar-refractivity contribution in [1.29, 1.82) is 0 Å². The molecular weight excluding hydrogens is 242 g/mol. The van der Waals surface area contributed by atoms with Gasteiger partial charge in [0, 0.05) is 4.90 Å². The SMILES string of the molecule is CC(C)Oc1ccc2c(c1)CC(CCN)CCS2. The van der Waals surface area contributed by atoms with Crippen LogP contribution in [0.4, 0.5) is 0 Å². The smallest absolute Gasteiger partial charge is 0.120 e. The molecule has 0 saturated carbocycles. The van der Waals surface area contributed by atoms with Crippen LogP contribution < -0.4 is 10.5 Å². The third-order valence-electron chi connectivity index (χ3n) is 3.27. The number of hydrogen-bond donors (Lipinski definition) is 1. The van der Waals surface area contributed by atoms with E-state index in [1.807, 2.05) is 11.8 Å². The molecule has 1 aliphatic heterocycles. The van der Waals surface area contributed by atoms with Crippen molar-refractivity contribution >= 4 is 11.8 Å². The molecule has 0 saturated heterocycles. The van der Waals surface area contributed by atoms with E-state index in [9.17, 15) is 0 Å². The largest absolute Gasteiger partial charge is 0.491 e. The standard InChI is InChI=1S/C15H23NOS/c1-11(2)17-14-3-4-15-13(10-14)9-12(5-7-16)6-8-18-15/h3-4,10-12H,5-9,16H2,1-2H3. The Morgan fingerprint density at radius 2 is 2.28 bits per heavy atom. The highest BCUT2D eigenvalue weighted by Crippen LogP contribution is 2.34. The van der Waals surface area contributed by atoms with Crippen molar-refractivity contribution in [3.63, 3.8) is 0 Å². The van der Waals surface area contributed by atoms with Gasteiger partial charge in [0.1, 0.15) is 5.75 Å². The zero-order valence-electron chi connectivity index (χ0n) is 11.3. The highest BCUT2D eigenvalue weighted by Gasteiger charge is 2.17. The van der Waals surface area contributed by atoms with Gasteiger partial charge in [-0.1, -0.05) is 0 Å². The van der Waals surface area contributed by atoms with Gasteiger partial charge in [0.2, 0.25) is 0 Å². The molecule has 3 heteroatoms. The lowest BCUT2D eigenvalue weighted by Crippen LogP contribution is -2.11. The number of thioether (sulfide) groups is 1. The molecule has 0 aliphatic carbocycles. The lowest BCUT2D eigenvalue weighted by Gasteiger charge is -2.15. The van der Waals surface area contributed by atoms with E-state index in [1.165, 1.54) is 22.6 Å². The predicted octanol–water partition coefficient (Wildman–Crippen LogP) is 3.48. The van der Waals surface area contributed by atoms with E-state index < -0.39 is 0 Å². The maximum absolute atomic E-state index is 5.78. The average Bonchev–Trinajstić information content (AvgIpc) is 2.50. The van der Waals surface area contributed by atoms with Crippen LogP contribution in [0.5, 0.6) is 5.75 Å². The number of rotatable bonds is 4. The number of fused-ring (bicyclic) bond motifs is 1. The Hall–Kier alpha value is -0.670. The van der Waals surface area contributed by atoms with Gasteiger partial charge >= 0.3 is 0 Å². The molecule has 0 fully saturated rings. The number of ether oxygens (including phenoxy) is 1.